The molecule has 9 heteroatoms. The fourth-order valence-corrected chi connectivity index (χ4v) is 5.85. The van der Waals surface area contributed by atoms with Crippen LogP contribution >= 0.6 is 0 Å². The lowest BCUT2D eigenvalue weighted by Crippen LogP contribution is -2.59. The number of β-lactam (4-membered cyclic amide) rings is 1. The molecule has 0 aromatic heterocycles. The summed E-state index contributed by atoms with van der Waals surface area (Å²) in [5, 5.41) is 40.1. The zero-order valence-electron chi connectivity index (χ0n) is 22.8. The number of methoxy groups -OCH3 is 1. The molecule has 3 aromatic carbocycles. The third-order valence-corrected chi connectivity index (χ3v) is 8.21. The summed E-state index contributed by atoms with van der Waals surface area (Å²) < 4.78 is 24.2. The van der Waals surface area contributed by atoms with Gasteiger partial charge in [-0.3, -0.25) is 4.79 Å². The number of amides is 1. The highest BCUT2D eigenvalue weighted by Gasteiger charge is 2.48. The molecule has 0 saturated carbocycles. The molecule has 41 heavy (non-hydrogen) atoms. The van der Waals surface area contributed by atoms with E-state index < -0.39 is 37.1 Å². The van der Waals surface area contributed by atoms with Crippen LogP contribution in [0.5, 0.6) is 5.75 Å². The Balaban J connectivity index is 1.32. The van der Waals surface area contributed by atoms with Crippen LogP contribution in [0.4, 0.5) is 10.1 Å². The average molecular weight is 566 g/mol. The number of anilines is 1. The Labute approximate surface area is 238 Å². The van der Waals surface area contributed by atoms with Gasteiger partial charge in [-0.1, -0.05) is 36.4 Å². The van der Waals surface area contributed by atoms with E-state index in [0.717, 1.165) is 35.2 Å². The molecule has 0 radical (unpaired) electrons. The molecule has 0 aliphatic carbocycles. The van der Waals surface area contributed by atoms with E-state index in [1.165, 1.54) is 12.1 Å². The molecule has 2 aliphatic heterocycles. The molecule has 2 fully saturated rings. The molecule has 7 atom stereocenters. The van der Waals surface area contributed by atoms with Gasteiger partial charge in [-0.15, -0.1) is 0 Å². The third kappa shape index (κ3) is 6.14. The summed E-state index contributed by atoms with van der Waals surface area (Å²) >= 11 is 0. The van der Waals surface area contributed by atoms with Gasteiger partial charge in [0.25, 0.3) is 0 Å². The standard InChI is InChI=1S/C32H36FNO7/c1-40-24-15-13-23(14-16-24)34-28(25(32(34)39)4-2-3-19-7-11-22(33)12-8-19)21-9-5-20(6-10-21)17-26-29(36)31(38)30(37)27(18-35)41-26/h5-16,25-31,35-38H,2-4,17-18H2,1H3. The lowest BCUT2D eigenvalue weighted by Gasteiger charge is -2.48. The summed E-state index contributed by atoms with van der Waals surface area (Å²) in [5.74, 6) is 0.262. The number of carbonyl (C=O) groups excluding carboxylic acids is 1. The minimum atomic E-state index is -1.42. The van der Waals surface area contributed by atoms with Crippen LogP contribution in [-0.2, 0) is 22.4 Å². The predicted octanol–water partition coefficient (Wildman–Crippen LogP) is 2.95. The van der Waals surface area contributed by atoms with Crippen LogP contribution in [0.15, 0.2) is 72.8 Å². The largest absolute Gasteiger partial charge is 0.497 e. The van der Waals surface area contributed by atoms with Crippen molar-refractivity contribution < 1.29 is 39.1 Å². The number of hydrogen-bond acceptors (Lipinski definition) is 7. The van der Waals surface area contributed by atoms with E-state index >= 15 is 0 Å². The van der Waals surface area contributed by atoms with E-state index in [2.05, 4.69) is 0 Å². The number of rotatable bonds is 10. The fourth-order valence-electron chi connectivity index (χ4n) is 5.85. The number of aliphatic hydroxyl groups is 4. The highest BCUT2D eigenvalue weighted by molar-refractivity contribution is 6.03. The summed E-state index contributed by atoms with van der Waals surface area (Å²) in [7, 11) is 1.59. The van der Waals surface area contributed by atoms with Crippen molar-refractivity contribution in [3.05, 3.63) is 95.3 Å². The van der Waals surface area contributed by atoms with Crippen LogP contribution in [-0.4, -0.2) is 70.6 Å². The Morgan fingerprint density at radius 1 is 0.854 bits per heavy atom. The molecule has 8 nitrogen and oxygen atoms in total. The summed E-state index contributed by atoms with van der Waals surface area (Å²) in [5.41, 5.74) is 3.61. The first kappa shape index (κ1) is 29.2. The van der Waals surface area contributed by atoms with E-state index in [1.54, 1.807) is 24.1 Å². The molecule has 3 aromatic rings. The van der Waals surface area contributed by atoms with Gasteiger partial charge in [0.15, 0.2) is 0 Å². The number of carbonyl (C=O) groups is 1. The molecule has 218 valence electrons. The van der Waals surface area contributed by atoms with Crippen molar-refractivity contribution in [1.82, 2.24) is 0 Å². The number of benzene rings is 3. The molecular formula is C32H36FNO7. The second-order valence-electron chi connectivity index (χ2n) is 10.8. The van der Waals surface area contributed by atoms with Gasteiger partial charge in [0.05, 0.1) is 31.8 Å². The van der Waals surface area contributed by atoms with Crippen molar-refractivity contribution in [2.45, 2.75) is 62.2 Å². The molecule has 5 rings (SSSR count). The van der Waals surface area contributed by atoms with Gasteiger partial charge in [-0.25, -0.2) is 4.39 Å². The minimum absolute atomic E-state index is 0.0460. The first-order chi connectivity index (χ1) is 19.8. The van der Waals surface area contributed by atoms with Crippen LogP contribution in [0.2, 0.25) is 0 Å². The summed E-state index contributed by atoms with van der Waals surface area (Å²) in [6.07, 6.45) is -3.37. The Hall–Kier alpha value is -3.34. The van der Waals surface area contributed by atoms with Crippen molar-refractivity contribution in [2.24, 2.45) is 5.92 Å². The lowest BCUT2D eigenvalue weighted by molar-refractivity contribution is -0.228. The quantitative estimate of drug-likeness (QED) is 0.279. The molecule has 2 aliphatic rings. The van der Waals surface area contributed by atoms with Gasteiger partial charge >= 0.3 is 0 Å². The van der Waals surface area contributed by atoms with Crippen LogP contribution < -0.4 is 9.64 Å². The van der Waals surface area contributed by atoms with Crippen molar-refractivity contribution in [3.63, 3.8) is 0 Å². The Morgan fingerprint density at radius 2 is 1.49 bits per heavy atom. The van der Waals surface area contributed by atoms with Gasteiger partial charge in [-0.05, 0) is 72.4 Å². The summed E-state index contributed by atoms with van der Waals surface area (Å²) in [6, 6.07) is 21.4. The van der Waals surface area contributed by atoms with E-state index in [9.17, 15) is 29.6 Å². The third-order valence-electron chi connectivity index (χ3n) is 8.21. The predicted molar refractivity (Wildman–Crippen MR) is 150 cm³/mol. The molecule has 0 bridgehead atoms. The molecule has 4 N–H and O–H groups in total. The number of aryl methyl sites for hydroxylation is 1. The van der Waals surface area contributed by atoms with Crippen LogP contribution in [0.25, 0.3) is 0 Å². The van der Waals surface area contributed by atoms with Crippen molar-refractivity contribution in [1.29, 1.82) is 0 Å². The van der Waals surface area contributed by atoms with E-state index in [1.807, 2.05) is 48.5 Å². The van der Waals surface area contributed by atoms with Crippen molar-refractivity contribution >= 4 is 11.6 Å². The zero-order valence-corrected chi connectivity index (χ0v) is 22.8. The maximum Gasteiger partial charge on any atom is 0.233 e. The highest BCUT2D eigenvalue weighted by atomic mass is 19.1. The number of hydrogen-bond donors (Lipinski definition) is 4. The van der Waals surface area contributed by atoms with Crippen LogP contribution in [0, 0.1) is 11.7 Å². The van der Waals surface area contributed by atoms with Gasteiger partial charge in [-0.2, -0.15) is 0 Å². The maximum atomic E-state index is 13.4. The molecule has 7 unspecified atom stereocenters. The van der Waals surface area contributed by atoms with Gasteiger partial charge in [0.1, 0.15) is 36.0 Å². The lowest BCUT2D eigenvalue weighted by atomic mass is 9.78. The van der Waals surface area contributed by atoms with Crippen molar-refractivity contribution in [3.8, 4) is 5.75 Å². The Bertz CT molecular complexity index is 1300. The van der Waals surface area contributed by atoms with Crippen LogP contribution in [0.3, 0.4) is 0 Å². The second kappa shape index (κ2) is 12.7. The second-order valence-corrected chi connectivity index (χ2v) is 10.8. The van der Waals surface area contributed by atoms with Gasteiger partial charge in [0, 0.05) is 12.1 Å². The van der Waals surface area contributed by atoms with Gasteiger partial charge < -0.3 is 34.8 Å². The molecule has 2 saturated heterocycles. The topological polar surface area (TPSA) is 120 Å². The van der Waals surface area contributed by atoms with E-state index in [4.69, 9.17) is 9.47 Å². The number of aliphatic hydroxyl groups excluding tert-OH is 4. The molecule has 2 heterocycles. The van der Waals surface area contributed by atoms with Gasteiger partial charge in [0.2, 0.25) is 5.91 Å². The number of ether oxygens (including phenoxy) is 2. The SMILES string of the molecule is COc1ccc(N2C(=O)C(CCCc3ccc(F)cc3)C2c2ccc(CC3OC(CO)C(O)C(O)C3O)cc2)cc1. The Morgan fingerprint density at radius 3 is 2.12 bits per heavy atom. The smallest absolute Gasteiger partial charge is 0.233 e. The molecular weight excluding hydrogens is 529 g/mol. The number of halogens is 1. The maximum absolute atomic E-state index is 13.4. The summed E-state index contributed by atoms with van der Waals surface area (Å²) in [4.78, 5) is 15.2. The fraction of sp³-hybridized carbons (Fsp3) is 0.406. The monoisotopic (exact) mass is 565 g/mol. The van der Waals surface area contributed by atoms with E-state index in [-0.39, 0.29) is 30.1 Å². The highest BCUT2D eigenvalue weighted by Crippen LogP contribution is 2.46. The first-order valence-electron chi connectivity index (χ1n) is 13.9. The number of nitrogens with zero attached hydrogens (tertiary/aromatic N) is 1. The first-order valence-corrected chi connectivity index (χ1v) is 13.9. The van der Waals surface area contributed by atoms with E-state index in [0.29, 0.717) is 12.2 Å². The Kier molecular flexibility index (Phi) is 9.01. The summed E-state index contributed by atoms with van der Waals surface area (Å²) in [6.45, 7) is -0.472. The normalized spacial score (nSPS) is 27.9. The van der Waals surface area contributed by atoms with Crippen molar-refractivity contribution in [2.75, 3.05) is 18.6 Å². The molecule has 0 spiro atoms. The molecule has 1 amide bonds. The minimum Gasteiger partial charge on any atom is -0.497 e. The zero-order chi connectivity index (χ0) is 29.1. The average Bonchev–Trinajstić information content (AvgIpc) is 2.99. The van der Waals surface area contributed by atoms with Crippen LogP contribution in [0.1, 0.15) is 35.6 Å².